The number of ketones is 1. The van der Waals surface area contributed by atoms with Crippen LogP contribution in [0.25, 0.3) is 0 Å². The van der Waals surface area contributed by atoms with Crippen molar-refractivity contribution in [3.05, 3.63) is 29.8 Å². The third kappa shape index (κ3) is 2.78. The summed E-state index contributed by atoms with van der Waals surface area (Å²) in [7, 11) is 0. The molecule has 1 aromatic rings. The van der Waals surface area contributed by atoms with Crippen LogP contribution in [0, 0.1) is 0 Å². The number of aliphatic hydroxyl groups is 1. The van der Waals surface area contributed by atoms with Gasteiger partial charge in [0.25, 0.3) is 0 Å². The lowest BCUT2D eigenvalue weighted by molar-refractivity contribution is -0.123. The van der Waals surface area contributed by atoms with Gasteiger partial charge in [0, 0.05) is 0 Å². The van der Waals surface area contributed by atoms with Gasteiger partial charge < -0.3 is 15.9 Å². The highest BCUT2D eigenvalue weighted by Gasteiger charge is 2.29. The van der Waals surface area contributed by atoms with E-state index in [9.17, 15) is 4.79 Å². The molecule has 82 valence electrons. The van der Waals surface area contributed by atoms with Crippen molar-refractivity contribution in [2.45, 2.75) is 18.9 Å². The van der Waals surface area contributed by atoms with Crippen molar-refractivity contribution in [2.24, 2.45) is 5.73 Å². The molecule has 0 aromatic heterocycles. The van der Waals surface area contributed by atoms with Crippen molar-refractivity contribution in [3.8, 4) is 5.75 Å². The summed E-state index contributed by atoms with van der Waals surface area (Å²) < 4.78 is 0. The summed E-state index contributed by atoms with van der Waals surface area (Å²) in [6.07, 6.45) is 0.263. The summed E-state index contributed by atoms with van der Waals surface area (Å²) in [6.45, 7) is 0.972. The van der Waals surface area contributed by atoms with Gasteiger partial charge in [0.05, 0.1) is 6.61 Å². The van der Waals surface area contributed by atoms with Gasteiger partial charge in [-0.3, -0.25) is 4.79 Å². The molecule has 0 heterocycles. The number of hydrogen-bond acceptors (Lipinski definition) is 4. The monoisotopic (exact) mass is 209 g/mol. The van der Waals surface area contributed by atoms with Crippen molar-refractivity contribution in [3.63, 3.8) is 0 Å². The molecule has 0 aliphatic carbocycles. The molecule has 0 unspecified atom stereocenters. The number of hydrogen-bond donors (Lipinski definition) is 3. The number of phenols is 1. The molecule has 0 saturated heterocycles. The number of aromatic hydroxyl groups is 1. The Bertz CT molecular complexity index is 347. The van der Waals surface area contributed by atoms with E-state index in [1.165, 1.54) is 19.1 Å². The van der Waals surface area contributed by atoms with Crippen LogP contribution >= 0.6 is 0 Å². The summed E-state index contributed by atoms with van der Waals surface area (Å²) in [5.74, 6) is -0.0914. The van der Waals surface area contributed by atoms with Crippen LogP contribution < -0.4 is 5.73 Å². The molecule has 0 spiro atoms. The zero-order valence-electron chi connectivity index (χ0n) is 8.60. The van der Waals surface area contributed by atoms with Crippen molar-refractivity contribution in [1.29, 1.82) is 0 Å². The average molecular weight is 209 g/mol. The van der Waals surface area contributed by atoms with Crippen molar-refractivity contribution >= 4 is 5.78 Å². The predicted molar refractivity (Wildman–Crippen MR) is 56.5 cm³/mol. The lowest BCUT2D eigenvalue weighted by atomic mass is 9.89. The first kappa shape index (κ1) is 11.7. The smallest absolute Gasteiger partial charge is 0.152 e. The highest BCUT2D eigenvalue weighted by atomic mass is 16.3. The largest absolute Gasteiger partial charge is 0.508 e. The van der Waals surface area contributed by atoms with E-state index in [-0.39, 0.29) is 24.6 Å². The lowest BCUT2D eigenvalue weighted by Crippen LogP contribution is -2.52. The van der Waals surface area contributed by atoms with Crippen LogP contribution in [0.15, 0.2) is 24.3 Å². The second-order valence-corrected chi connectivity index (χ2v) is 3.71. The molecular weight excluding hydrogens is 194 g/mol. The molecule has 4 N–H and O–H groups in total. The maximum atomic E-state index is 11.2. The highest BCUT2D eigenvalue weighted by molar-refractivity contribution is 5.86. The normalized spacial score (nSPS) is 14.6. The topological polar surface area (TPSA) is 83.6 Å². The van der Waals surface area contributed by atoms with E-state index < -0.39 is 5.54 Å². The van der Waals surface area contributed by atoms with E-state index in [0.717, 1.165) is 5.56 Å². The fourth-order valence-electron chi connectivity index (χ4n) is 1.27. The second kappa shape index (κ2) is 4.42. The summed E-state index contributed by atoms with van der Waals surface area (Å²) >= 11 is 0. The molecule has 4 heteroatoms. The summed E-state index contributed by atoms with van der Waals surface area (Å²) in [5.41, 5.74) is 5.33. The maximum absolute atomic E-state index is 11.2. The first-order chi connectivity index (χ1) is 6.98. The molecule has 1 rings (SSSR count). The Morgan fingerprint density at radius 2 is 1.93 bits per heavy atom. The number of rotatable bonds is 4. The Morgan fingerprint density at radius 3 is 2.33 bits per heavy atom. The number of carbonyl (C=O) groups is 1. The zero-order chi connectivity index (χ0) is 11.5. The Balaban J connectivity index is 2.84. The molecule has 0 aliphatic heterocycles. The van der Waals surface area contributed by atoms with E-state index in [4.69, 9.17) is 15.9 Å². The zero-order valence-corrected chi connectivity index (χ0v) is 8.60. The number of benzene rings is 1. The first-order valence-corrected chi connectivity index (χ1v) is 4.66. The number of aliphatic hydroxyl groups excluding tert-OH is 1. The van der Waals surface area contributed by atoms with Gasteiger partial charge in [-0.05, 0) is 31.0 Å². The highest BCUT2D eigenvalue weighted by Crippen LogP contribution is 2.15. The minimum Gasteiger partial charge on any atom is -0.508 e. The molecule has 0 bridgehead atoms. The molecular formula is C11H15NO3. The third-order valence-electron chi connectivity index (χ3n) is 2.44. The Morgan fingerprint density at radius 1 is 1.40 bits per heavy atom. The first-order valence-electron chi connectivity index (χ1n) is 4.66. The minimum atomic E-state index is -1.23. The van der Waals surface area contributed by atoms with E-state index in [1.807, 2.05) is 0 Å². The average Bonchev–Trinajstić information content (AvgIpc) is 2.21. The van der Waals surface area contributed by atoms with E-state index in [2.05, 4.69) is 0 Å². The van der Waals surface area contributed by atoms with Gasteiger partial charge in [0.1, 0.15) is 11.3 Å². The standard InChI is InChI=1S/C11H15NO3/c1-8(14)11(12,7-13)6-9-2-4-10(15)5-3-9/h2-5,13,15H,6-7,12H2,1H3/t11-/m1/s1. The summed E-state index contributed by atoms with van der Waals surface area (Å²) in [4.78, 5) is 11.2. The van der Waals surface area contributed by atoms with Crippen molar-refractivity contribution in [2.75, 3.05) is 6.61 Å². The van der Waals surface area contributed by atoms with Crippen molar-refractivity contribution in [1.82, 2.24) is 0 Å². The molecule has 0 amide bonds. The SMILES string of the molecule is CC(=O)[C@](N)(CO)Cc1ccc(O)cc1. The molecule has 0 fully saturated rings. The minimum absolute atomic E-state index is 0.160. The molecule has 1 aromatic carbocycles. The lowest BCUT2D eigenvalue weighted by Gasteiger charge is -2.23. The number of nitrogens with two attached hydrogens (primary N) is 1. The second-order valence-electron chi connectivity index (χ2n) is 3.71. The Hall–Kier alpha value is -1.39. The molecule has 0 saturated carbocycles. The van der Waals surface area contributed by atoms with E-state index in [0.29, 0.717) is 0 Å². The van der Waals surface area contributed by atoms with E-state index in [1.54, 1.807) is 12.1 Å². The quantitative estimate of drug-likeness (QED) is 0.662. The van der Waals surface area contributed by atoms with Crippen LogP contribution in [0.5, 0.6) is 5.75 Å². The van der Waals surface area contributed by atoms with Gasteiger partial charge in [0.2, 0.25) is 0 Å². The van der Waals surface area contributed by atoms with Crippen LogP contribution in [-0.2, 0) is 11.2 Å². The van der Waals surface area contributed by atoms with Crippen LogP contribution in [0.1, 0.15) is 12.5 Å². The van der Waals surface area contributed by atoms with Crippen LogP contribution in [0.2, 0.25) is 0 Å². The maximum Gasteiger partial charge on any atom is 0.152 e. The number of phenolic OH excluding ortho intramolecular Hbond substituents is 1. The van der Waals surface area contributed by atoms with Crippen LogP contribution in [-0.4, -0.2) is 28.1 Å². The number of carbonyl (C=O) groups excluding carboxylic acids is 1. The number of Topliss-reactive ketones (excluding diaryl/α,β-unsaturated/α-hetero) is 1. The van der Waals surface area contributed by atoms with Gasteiger partial charge in [-0.2, -0.15) is 0 Å². The third-order valence-corrected chi connectivity index (χ3v) is 2.44. The van der Waals surface area contributed by atoms with Crippen LogP contribution in [0.3, 0.4) is 0 Å². The van der Waals surface area contributed by atoms with Gasteiger partial charge in [-0.15, -0.1) is 0 Å². The molecule has 0 radical (unpaired) electrons. The molecule has 4 nitrogen and oxygen atoms in total. The fourth-order valence-corrected chi connectivity index (χ4v) is 1.27. The van der Waals surface area contributed by atoms with Crippen LogP contribution in [0.4, 0.5) is 0 Å². The summed E-state index contributed by atoms with van der Waals surface area (Å²) in [6, 6.07) is 6.39. The van der Waals surface area contributed by atoms with E-state index >= 15 is 0 Å². The van der Waals surface area contributed by atoms with Gasteiger partial charge >= 0.3 is 0 Å². The molecule has 1 atom stereocenters. The molecule has 15 heavy (non-hydrogen) atoms. The van der Waals surface area contributed by atoms with Gasteiger partial charge in [-0.25, -0.2) is 0 Å². The Kier molecular flexibility index (Phi) is 3.44. The Labute approximate surface area is 88.3 Å². The van der Waals surface area contributed by atoms with Crippen molar-refractivity contribution < 1.29 is 15.0 Å². The fraction of sp³-hybridized carbons (Fsp3) is 0.364. The predicted octanol–water partition coefficient (Wildman–Crippen LogP) is 0.213. The summed E-state index contributed by atoms with van der Waals surface area (Å²) in [5, 5.41) is 18.2. The van der Waals surface area contributed by atoms with Gasteiger partial charge in [-0.1, -0.05) is 12.1 Å². The molecule has 0 aliphatic rings. The van der Waals surface area contributed by atoms with Gasteiger partial charge in [0.15, 0.2) is 5.78 Å².